The van der Waals surface area contributed by atoms with Crippen LogP contribution in [0.5, 0.6) is 0 Å². The zero-order valence-electron chi connectivity index (χ0n) is 7.31. The van der Waals surface area contributed by atoms with Gasteiger partial charge in [0, 0.05) is 6.54 Å². The molecule has 1 saturated carbocycles. The van der Waals surface area contributed by atoms with E-state index in [4.69, 9.17) is 0 Å². The molecule has 0 radical (unpaired) electrons. The Hall–Kier alpha value is -0.730. The van der Waals surface area contributed by atoms with Crippen LogP contribution in [0.3, 0.4) is 0 Å². The highest BCUT2D eigenvalue weighted by molar-refractivity contribution is 5.76. The van der Waals surface area contributed by atoms with Crippen molar-refractivity contribution in [1.82, 2.24) is 10.6 Å². The van der Waals surface area contributed by atoms with Crippen LogP contribution in [0.25, 0.3) is 0 Å². The summed E-state index contributed by atoms with van der Waals surface area (Å²) in [6, 6.07) is 0.434. The monoisotopic (exact) mass is 168 g/mol. The van der Waals surface area contributed by atoms with Gasteiger partial charge in [0.1, 0.15) is 0 Å². The number of nitrogens with one attached hydrogen (secondary N) is 2. The molecule has 2 rings (SSSR count). The first-order valence-electron chi connectivity index (χ1n) is 4.90. The van der Waals surface area contributed by atoms with Gasteiger partial charge in [0.2, 0.25) is 0 Å². The summed E-state index contributed by atoms with van der Waals surface area (Å²) in [4.78, 5) is 10.9. The fraction of sp³-hybridized carbons (Fsp3) is 0.889. The van der Waals surface area contributed by atoms with Crippen LogP contribution in [0.2, 0.25) is 0 Å². The highest BCUT2D eigenvalue weighted by Gasteiger charge is 2.28. The first kappa shape index (κ1) is 7.90. The molecule has 2 aliphatic rings. The van der Waals surface area contributed by atoms with E-state index in [0.29, 0.717) is 6.04 Å². The van der Waals surface area contributed by atoms with Gasteiger partial charge in [0.15, 0.2) is 0 Å². The summed E-state index contributed by atoms with van der Waals surface area (Å²) >= 11 is 0. The van der Waals surface area contributed by atoms with Crippen molar-refractivity contribution in [1.29, 1.82) is 0 Å². The number of amides is 2. The van der Waals surface area contributed by atoms with E-state index in [-0.39, 0.29) is 6.03 Å². The molecule has 3 nitrogen and oxygen atoms in total. The topological polar surface area (TPSA) is 41.1 Å². The van der Waals surface area contributed by atoms with E-state index in [1.807, 2.05) is 0 Å². The van der Waals surface area contributed by atoms with Crippen molar-refractivity contribution in [3.05, 3.63) is 0 Å². The number of hydrogen-bond donors (Lipinski definition) is 2. The van der Waals surface area contributed by atoms with Gasteiger partial charge < -0.3 is 10.6 Å². The molecule has 2 fully saturated rings. The van der Waals surface area contributed by atoms with Gasteiger partial charge in [-0.3, -0.25) is 0 Å². The minimum atomic E-state index is 0.0190. The van der Waals surface area contributed by atoms with Gasteiger partial charge in [-0.25, -0.2) is 4.79 Å². The molecule has 68 valence electrons. The quantitative estimate of drug-likeness (QED) is 0.608. The van der Waals surface area contributed by atoms with E-state index in [0.717, 1.165) is 12.5 Å². The molecule has 0 spiro atoms. The molecule has 0 bridgehead atoms. The van der Waals surface area contributed by atoms with E-state index in [1.54, 1.807) is 0 Å². The molecule has 1 aliphatic carbocycles. The number of hydrogen-bond acceptors (Lipinski definition) is 1. The predicted molar refractivity (Wildman–Crippen MR) is 46.9 cm³/mol. The summed E-state index contributed by atoms with van der Waals surface area (Å²) in [5, 5.41) is 5.79. The van der Waals surface area contributed by atoms with Crippen LogP contribution >= 0.6 is 0 Å². The van der Waals surface area contributed by atoms with Crippen LogP contribution in [0.1, 0.15) is 32.1 Å². The lowest BCUT2D eigenvalue weighted by Crippen LogP contribution is -2.35. The zero-order valence-corrected chi connectivity index (χ0v) is 7.31. The SMILES string of the molecule is O=C1NCC(C2CCCCC2)N1. The fourth-order valence-electron chi connectivity index (χ4n) is 2.29. The Labute approximate surface area is 72.9 Å². The fourth-order valence-corrected chi connectivity index (χ4v) is 2.29. The molecule has 0 aromatic rings. The molecular weight excluding hydrogens is 152 g/mol. The molecule has 1 aliphatic heterocycles. The third-order valence-electron chi connectivity index (χ3n) is 3.02. The lowest BCUT2D eigenvalue weighted by molar-refractivity contribution is 0.242. The second kappa shape index (κ2) is 3.33. The van der Waals surface area contributed by atoms with E-state index in [1.165, 1.54) is 32.1 Å². The maximum absolute atomic E-state index is 10.9. The highest BCUT2D eigenvalue weighted by Crippen LogP contribution is 2.26. The van der Waals surface area contributed by atoms with E-state index in [9.17, 15) is 4.79 Å². The zero-order chi connectivity index (χ0) is 8.39. The average molecular weight is 168 g/mol. The van der Waals surface area contributed by atoms with Gasteiger partial charge in [0.05, 0.1) is 6.04 Å². The van der Waals surface area contributed by atoms with Crippen LogP contribution in [-0.2, 0) is 0 Å². The number of carbonyl (C=O) groups excluding carboxylic acids is 1. The Kier molecular flexibility index (Phi) is 2.19. The van der Waals surface area contributed by atoms with Crippen molar-refractivity contribution in [2.24, 2.45) is 5.92 Å². The van der Waals surface area contributed by atoms with Crippen molar-refractivity contribution < 1.29 is 4.79 Å². The molecule has 1 unspecified atom stereocenters. The van der Waals surface area contributed by atoms with E-state index < -0.39 is 0 Å². The Morgan fingerprint density at radius 3 is 2.50 bits per heavy atom. The van der Waals surface area contributed by atoms with Crippen molar-refractivity contribution in [2.75, 3.05) is 6.54 Å². The van der Waals surface area contributed by atoms with Crippen LogP contribution in [0.15, 0.2) is 0 Å². The normalized spacial score (nSPS) is 31.3. The number of rotatable bonds is 1. The third-order valence-corrected chi connectivity index (χ3v) is 3.02. The van der Waals surface area contributed by atoms with E-state index in [2.05, 4.69) is 10.6 Å². The van der Waals surface area contributed by atoms with Crippen LogP contribution < -0.4 is 10.6 Å². The molecule has 1 atom stereocenters. The number of urea groups is 1. The Bertz CT molecular complexity index is 175. The molecule has 2 amide bonds. The first-order valence-corrected chi connectivity index (χ1v) is 4.90. The van der Waals surface area contributed by atoms with Gasteiger partial charge >= 0.3 is 6.03 Å². The predicted octanol–water partition coefficient (Wildman–Crippen LogP) is 1.25. The maximum atomic E-state index is 10.9. The van der Waals surface area contributed by atoms with E-state index >= 15 is 0 Å². The van der Waals surface area contributed by atoms with Crippen molar-refractivity contribution >= 4 is 6.03 Å². The van der Waals surface area contributed by atoms with Crippen LogP contribution in [-0.4, -0.2) is 18.6 Å². The standard InChI is InChI=1S/C9H16N2O/c12-9-10-6-8(11-9)7-4-2-1-3-5-7/h7-8H,1-6H2,(H2,10,11,12). The molecular formula is C9H16N2O. The Morgan fingerprint density at radius 2 is 1.92 bits per heavy atom. The second-order valence-electron chi connectivity index (χ2n) is 3.86. The lowest BCUT2D eigenvalue weighted by atomic mass is 9.84. The molecule has 12 heavy (non-hydrogen) atoms. The summed E-state index contributed by atoms with van der Waals surface area (Å²) in [7, 11) is 0. The van der Waals surface area contributed by atoms with Crippen molar-refractivity contribution in [3.63, 3.8) is 0 Å². The lowest BCUT2D eigenvalue weighted by Gasteiger charge is -2.26. The Morgan fingerprint density at radius 1 is 1.17 bits per heavy atom. The van der Waals surface area contributed by atoms with Crippen LogP contribution in [0.4, 0.5) is 4.79 Å². The summed E-state index contributed by atoms with van der Waals surface area (Å²) in [5.74, 6) is 0.734. The van der Waals surface area contributed by atoms with Gasteiger partial charge in [-0.05, 0) is 18.8 Å². The minimum absolute atomic E-state index is 0.0190. The van der Waals surface area contributed by atoms with Crippen LogP contribution in [0, 0.1) is 5.92 Å². The third kappa shape index (κ3) is 1.54. The molecule has 2 N–H and O–H groups in total. The average Bonchev–Trinajstić information content (AvgIpc) is 2.54. The molecule has 1 saturated heterocycles. The summed E-state index contributed by atoms with van der Waals surface area (Å²) in [6.07, 6.45) is 6.66. The second-order valence-corrected chi connectivity index (χ2v) is 3.86. The molecule has 1 heterocycles. The molecule has 0 aromatic heterocycles. The smallest absolute Gasteiger partial charge is 0.315 e. The molecule has 3 heteroatoms. The minimum Gasteiger partial charge on any atom is -0.336 e. The number of carbonyl (C=O) groups is 1. The Balaban J connectivity index is 1.86. The maximum Gasteiger partial charge on any atom is 0.315 e. The summed E-state index contributed by atoms with van der Waals surface area (Å²) in [6.45, 7) is 0.837. The van der Waals surface area contributed by atoms with Gasteiger partial charge in [-0.1, -0.05) is 19.3 Å². The summed E-state index contributed by atoms with van der Waals surface area (Å²) < 4.78 is 0. The van der Waals surface area contributed by atoms with Crippen molar-refractivity contribution in [3.8, 4) is 0 Å². The van der Waals surface area contributed by atoms with Gasteiger partial charge in [0.25, 0.3) is 0 Å². The molecule has 0 aromatic carbocycles. The summed E-state index contributed by atoms with van der Waals surface area (Å²) in [5.41, 5.74) is 0. The highest BCUT2D eigenvalue weighted by atomic mass is 16.2. The largest absolute Gasteiger partial charge is 0.336 e. The van der Waals surface area contributed by atoms with Gasteiger partial charge in [-0.2, -0.15) is 0 Å². The first-order chi connectivity index (χ1) is 5.86. The van der Waals surface area contributed by atoms with Crippen molar-refractivity contribution in [2.45, 2.75) is 38.1 Å². The van der Waals surface area contributed by atoms with Gasteiger partial charge in [-0.15, -0.1) is 0 Å².